The number of rotatable bonds is 4. The van der Waals surface area contributed by atoms with Crippen molar-refractivity contribution in [2.24, 2.45) is 22.2 Å². The molecule has 2 heterocycles. The molecule has 1 aromatic carbocycles. The SMILES string of the molecule is C/C(N)=C1\NC=C(N2CCC(C)(N)CC2)C=C1C(N)=NCc1cccc(C(F)(F)F)c1C. The van der Waals surface area contributed by atoms with Gasteiger partial charge in [0.2, 0.25) is 0 Å². The average molecular weight is 449 g/mol. The van der Waals surface area contributed by atoms with Crippen LogP contribution in [-0.4, -0.2) is 29.4 Å². The maximum absolute atomic E-state index is 13.2. The van der Waals surface area contributed by atoms with E-state index in [1.165, 1.54) is 13.0 Å². The minimum absolute atomic E-state index is 0.0319. The topological polar surface area (TPSA) is 106 Å². The fourth-order valence-corrected chi connectivity index (χ4v) is 3.89. The predicted molar refractivity (Wildman–Crippen MR) is 121 cm³/mol. The van der Waals surface area contributed by atoms with E-state index < -0.39 is 11.7 Å². The van der Waals surface area contributed by atoms with E-state index in [1.54, 1.807) is 13.0 Å². The van der Waals surface area contributed by atoms with Crippen molar-refractivity contribution in [1.29, 1.82) is 0 Å². The van der Waals surface area contributed by atoms with Crippen LogP contribution in [0.3, 0.4) is 0 Å². The van der Waals surface area contributed by atoms with Crippen LogP contribution in [0.25, 0.3) is 0 Å². The number of likely N-dealkylation sites (tertiary alicyclic amines) is 1. The van der Waals surface area contributed by atoms with Crippen molar-refractivity contribution in [2.75, 3.05) is 13.1 Å². The number of allylic oxidation sites excluding steroid dienone is 2. The lowest BCUT2D eigenvalue weighted by Crippen LogP contribution is -2.48. The highest BCUT2D eigenvalue weighted by atomic mass is 19.4. The molecule has 32 heavy (non-hydrogen) atoms. The summed E-state index contributed by atoms with van der Waals surface area (Å²) in [5.74, 6) is 0.209. The summed E-state index contributed by atoms with van der Waals surface area (Å²) in [5, 5.41) is 3.20. The Kier molecular flexibility index (Phi) is 6.59. The Bertz CT molecular complexity index is 987. The van der Waals surface area contributed by atoms with Crippen molar-refractivity contribution < 1.29 is 13.2 Å². The molecule has 0 atom stereocenters. The number of halogens is 3. The molecule has 0 aliphatic carbocycles. The first kappa shape index (κ1) is 23.7. The van der Waals surface area contributed by atoms with Crippen LogP contribution in [0.2, 0.25) is 0 Å². The second kappa shape index (κ2) is 8.90. The van der Waals surface area contributed by atoms with Crippen LogP contribution < -0.4 is 22.5 Å². The second-order valence-electron chi connectivity index (χ2n) is 8.76. The minimum atomic E-state index is -4.41. The van der Waals surface area contributed by atoms with E-state index in [1.807, 2.05) is 12.3 Å². The fraction of sp³-hybridized carbons (Fsp3) is 0.435. The molecule has 0 aromatic heterocycles. The van der Waals surface area contributed by atoms with Gasteiger partial charge in [-0.2, -0.15) is 13.2 Å². The molecule has 0 spiro atoms. The third-order valence-corrected chi connectivity index (χ3v) is 6.04. The number of piperidine rings is 1. The number of alkyl halides is 3. The molecule has 9 heteroatoms. The van der Waals surface area contributed by atoms with Crippen LogP contribution in [0.4, 0.5) is 13.2 Å². The van der Waals surface area contributed by atoms with Gasteiger partial charge in [0.25, 0.3) is 0 Å². The molecule has 3 rings (SSSR count). The second-order valence-corrected chi connectivity index (χ2v) is 8.76. The lowest BCUT2D eigenvalue weighted by atomic mass is 9.90. The predicted octanol–water partition coefficient (Wildman–Crippen LogP) is 3.25. The van der Waals surface area contributed by atoms with Gasteiger partial charge in [0.15, 0.2) is 0 Å². The number of hydrogen-bond donors (Lipinski definition) is 4. The molecule has 0 bridgehead atoms. The number of amidine groups is 1. The Labute approximate surface area is 186 Å². The van der Waals surface area contributed by atoms with Crippen molar-refractivity contribution >= 4 is 5.84 Å². The van der Waals surface area contributed by atoms with Gasteiger partial charge in [0, 0.05) is 36.1 Å². The molecule has 0 saturated carbocycles. The molecular weight excluding hydrogens is 417 g/mol. The van der Waals surface area contributed by atoms with Gasteiger partial charge in [0.1, 0.15) is 5.84 Å². The van der Waals surface area contributed by atoms with Crippen LogP contribution in [0.5, 0.6) is 0 Å². The number of dihydropyridines is 1. The first-order valence-corrected chi connectivity index (χ1v) is 10.5. The highest BCUT2D eigenvalue weighted by molar-refractivity contribution is 6.01. The smallest absolute Gasteiger partial charge is 0.401 e. The molecule has 1 saturated heterocycles. The molecule has 174 valence electrons. The summed E-state index contributed by atoms with van der Waals surface area (Å²) in [5.41, 5.74) is 21.1. The normalized spacial score (nSPS) is 21.0. The number of nitrogens with two attached hydrogens (primary N) is 3. The van der Waals surface area contributed by atoms with Crippen molar-refractivity contribution in [3.05, 3.63) is 69.8 Å². The van der Waals surface area contributed by atoms with Crippen LogP contribution in [0.1, 0.15) is 43.4 Å². The summed E-state index contributed by atoms with van der Waals surface area (Å²) in [7, 11) is 0. The van der Waals surface area contributed by atoms with Gasteiger partial charge in [-0.05, 0) is 56.9 Å². The highest BCUT2D eigenvalue weighted by Crippen LogP contribution is 2.33. The molecule has 2 aliphatic rings. The van der Waals surface area contributed by atoms with Crippen molar-refractivity contribution in [2.45, 2.75) is 51.9 Å². The van der Waals surface area contributed by atoms with Crippen molar-refractivity contribution in [3.8, 4) is 0 Å². The third kappa shape index (κ3) is 5.27. The molecular formula is C23H31F3N6. The van der Waals surface area contributed by atoms with E-state index in [2.05, 4.69) is 22.1 Å². The minimum Gasteiger partial charge on any atom is -0.401 e. The van der Waals surface area contributed by atoms with Gasteiger partial charge in [-0.1, -0.05) is 12.1 Å². The first-order valence-electron chi connectivity index (χ1n) is 10.5. The average Bonchev–Trinajstić information content (AvgIpc) is 2.71. The van der Waals surface area contributed by atoms with E-state index in [4.69, 9.17) is 17.2 Å². The lowest BCUT2D eigenvalue weighted by Gasteiger charge is -2.39. The standard InChI is InChI=1S/C23H31F3N6/c1-14-16(5-4-6-19(14)23(24,25)26)12-31-21(28)18-11-17(13-30-20(18)15(2)27)32-9-7-22(3,29)8-10-32/h4-6,11,13,30H,7-10,12,27,29H2,1-3H3,(H2,28,31)/b20-15+. The molecule has 1 fully saturated rings. The number of aliphatic imine (C=N–C) groups is 1. The molecule has 2 aliphatic heterocycles. The zero-order chi connectivity index (χ0) is 23.7. The molecule has 0 amide bonds. The summed E-state index contributed by atoms with van der Waals surface area (Å²) in [6.45, 7) is 6.90. The largest absolute Gasteiger partial charge is 0.416 e. The zero-order valence-electron chi connectivity index (χ0n) is 18.7. The Morgan fingerprint density at radius 2 is 1.88 bits per heavy atom. The number of hydrogen-bond acceptors (Lipinski definition) is 5. The molecule has 1 aromatic rings. The Morgan fingerprint density at radius 3 is 2.47 bits per heavy atom. The van der Waals surface area contributed by atoms with E-state index >= 15 is 0 Å². The number of nitrogens with zero attached hydrogens (tertiary/aromatic N) is 2. The van der Waals surface area contributed by atoms with Gasteiger partial charge in [-0.3, -0.25) is 4.99 Å². The van der Waals surface area contributed by atoms with E-state index in [0.717, 1.165) is 37.7 Å². The summed E-state index contributed by atoms with van der Waals surface area (Å²) < 4.78 is 39.6. The third-order valence-electron chi connectivity index (χ3n) is 6.04. The monoisotopic (exact) mass is 448 g/mol. The fourth-order valence-electron chi connectivity index (χ4n) is 3.89. The number of benzene rings is 1. The lowest BCUT2D eigenvalue weighted by molar-refractivity contribution is -0.138. The maximum Gasteiger partial charge on any atom is 0.416 e. The summed E-state index contributed by atoms with van der Waals surface area (Å²) >= 11 is 0. The van der Waals surface area contributed by atoms with Crippen LogP contribution in [-0.2, 0) is 12.7 Å². The molecule has 6 nitrogen and oxygen atoms in total. The van der Waals surface area contributed by atoms with Gasteiger partial charge in [0.05, 0.1) is 23.5 Å². The Balaban J connectivity index is 1.86. The van der Waals surface area contributed by atoms with Crippen LogP contribution >= 0.6 is 0 Å². The van der Waals surface area contributed by atoms with Gasteiger partial charge >= 0.3 is 6.18 Å². The molecule has 0 radical (unpaired) electrons. The summed E-state index contributed by atoms with van der Waals surface area (Å²) in [6, 6.07) is 4.08. The molecule has 0 unspecified atom stereocenters. The zero-order valence-corrected chi connectivity index (χ0v) is 18.7. The van der Waals surface area contributed by atoms with Crippen LogP contribution in [0, 0.1) is 6.92 Å². The van der Waals surface area contributed by atoms with Gasteiger partial charge in [-0.25, -0.2) is 0 Å². The quantitative estimate of drug-likeness (QED) is 0.418. The Morgan fingerprint density at radius 1 is 1.22 bits per heavy atom. The van der Waals surface area contributed by atoms with Crippen molar-refractivity contribution in [3.63, 3.8) is 0 Å². The maximum atomic E-state index is 13.2. The van der Waals surface area contributed by atoms with E-state index in [-0.39, 0.29) is 23.5 Å². The highest BCUT2D eigenvalue weighted by Gasteiger charge is 2.33. The van der Waals surface area contributed by atoms with Crippen molar-refractivity contribution in [1.82, 2.24) is 10.2 Å². The van der Waals surface area contributed by atoms with E-state index in [0.29, 0.717) is 22.5 Å². The molecule has 7 N–H and O–H groups in total. The number of nitrogens with one attached hydrogen (secondary N) is 1. The summed E-state index contributed by atoms with van der Waals surface area (Å²) in [4.78, 5) is 6.62. The van der Waals surface area contributed by atoms with Gasteiger partial charge in [-0.15, -0.1) is 0 Å². The van der Waals surface area contributed by atoms with Gasteiger partial charge < -0.3 is 27.4 Å². The summed E-state index contributed by atoms with van der Waals surface area (Å²) in [6.07, 6.45) is 1.11. The van der Waals surface area contributed by atoms with Crippen LogP contribution in [0.15, 0.2) is 58.1 Å². The van der Waals surface area contributed by atoms with E-state index in [9.17, 15) is 13.2 Å². The first-order chi connectivity index (χ1) is 14.9. The Hall–Kier alpha value is -2.94.